The predicted octanol–water partition coefficient (Wildman–Crippen LogP) is 6.25. The Labute approximate surface area is 211 Å². The van der Waals surface area contributed by atoms with Gasteiger partial charge >= 0.3 is 0 Å². The number of halogens is 1. The minimum atomic E-state index is -0.438. The highest BCUT2D eigenvalue weighted by Crippen LogP contribution is 2.32. The summed E-state index contributed by atoms with van der Waals surface area (Å²) < 4.78 is 8.01. The molecular weight excluding hydrogens is 490 g/mol. The summed E-state index contributed by atoms with van der Waals surface area (Å²) in [6.45, 7) is 7.64. The van der Waals surface area contributed by atoms with Gasteiger partial charge in [-0.15, -0.1) is 21.5 Å². The van der Waals surface area contributed by atoms with Crippen LogP contribution in [0.1, 0.15) is 36.3 Å². The number of benzene rings is 2. The van der Waals surface area contributed by atoms with Crippen molar-refractivity contribution in [2.24, 2.45) is 0 Å². The number of para-hydroxylation sites is 2. The third-order valence-corrected chi connectivity index (χ3v) is 7.43. The van der Waals surface area contributed by atoms with Crippen LogP contribution in [-0.4, -0.2) is 30.9 Å². The number of rotatable bonds is 8. The molecule has 4 rings (SSSR count). The summed E-state index contributed by atoms with van der Waals surface area (Å²) in [7, 11) is 0. The van der Waals surface area contributed by atoms with Crippen LogP contribution in [0.25, 0.3) is 5.69 Å². The molecule has 0 aliphatic carbocycles. The molecule has 1 amide bonds. The lowest BCUT2D eigenvalue weighted by Crippen LogP contribution is -2.23. The van der Waals surface area contributed by atoms with Gasteiger partial charge in [-0.1, -0.05) is 53.7 Å². The molecule has 0 saturated heterocycles. The molecule has 0 bridgehead atoms. The molecule has 0 aliphatic heterocycles. The van der Waals surface area contributed by atoms with E-state index in [1.54, 1.807) is 6.07 Å². The molecule has 34 heavy (non-hydrogen) atoms. The number of aryl methyl sites for hydroxylation is 2. The van der Waals surface area contributed by atoms with Crippen molar-refractivity contribution in [3.05, 3.63) is 76.0 Å². The number of anilines is 1. The number of nitrogens with one attached hydrogen (secondary N) is 1. The molecule has 0 fully saturated rings. The van der Waals surface area contributed by atoms with Crippen LogP contribution in [0.2, 0.25) is 5.02 Å². The minimum absolute atomic E-state index is 0.150. The Morgan fingerprint density at radius 2 is 1.79 bits per heavy atom. The Kier molecular flexibility index (Phi) is 7.55. The van der Waals surface area contributed by atoms with Crippen LogP contribution in [-0.2, 0) is 4.79 Å². The fraction of sp³-hybridized carbons (Fsp3) is 0.250. The van der Waals surface area contributed by atoms with Gasteiger partial charge in [-0.05, 0) is 52.0 Å². The molecule has 2 atom stereocenters. The quantitative estimate of drug-likeness (QED) is 0.280. The van der Waals surface area contributed by atoms with Gasteiger partial charge in [0.15, 0.2) is 22.2 Å². The first kappa shape index (κ1) is 24.3. The molecule has 2 aromatic carbocycles. The zero-order valence-corrected chi connectivity index (χ0v) is 21.5. The molecule has 2 aromatic heterocycles. The molecule has 2 unspecified atom stereocenters. The minimum Gasteiger partial charge on any atom is -0.481 e. The van der Waals surface area contributed by atoms with E-state index in [1.807, 2.05) is 80.8 Å². The highest BCUT2D eigenvalue weighted by molar-refractivity contribution is 8.00. The first-order chi connectivity index (χ1) is 16.3. The maximum atomic E-state index is 12.8. The molecular formula is C24H24ClN5O2S2. The maximum Gasteiger partial charge on any atom is 0.239 e. The number of amides is 1. The lowest BCUT2D eigenvalue weighted by Gasteiger charge is -2.18. The summed E-state index contributed by atoms with van der Waals surface area (Å²) in [6, 6.07) is 17.1. The molecule has 0 aliphatic rings. The number of thioether (sulfide) groups is 1. The second-order valence-corrected chi connectivity index (χ2v) is 10.5. The van der Waals surface area contributed by atoms with E-state index < -0.39 is 11.4 Å². The Balaban J connectivity index is 1.59. The van der Waals surface area contributed by atoms with Gasteiger partial charge in [-0.2, -0.15) is 0 Å². The second-order valence-electron chi connectivity index (χ2n) is 7.61. The largest absolute Gasteiger partial charge is 0.481 e. The predicted molar refractivity (Wildman–Crippen MR) is 137 cm³/mol. The van der Waals surface area contributed by atoms with E-state index in [0.29, 0.717) is 26.9 Å². The topological polar surface area (TPSA) is 81.9 Å². The fourth-order valence-electron chi connectivity index (χ4n) is 3.17. The maximum absolute atomic E-state index is 12.8. The molecule has 0 saturated carbocycles. The number of aromatic nitrogens is 4. The molecule has 7 nitrogen and oxygen atoms in total. The van der Waals surface area contributed by atoms with E-state index in [2.05, 4.69) is 20.5 Å². The highest BCUT2D eigenvalue weighted by atomic mass is 35.5. The molecule has 10 heteroatoms. The number of carbonyl (C=O) groups is 1. The number of carbonyl (C=O) groups excluding carboxylic acids is 1. The summed E-state index contributed by atoms with van der Waals surface area (Å²) in [6.07, 6.45) is -0.438. The van der Waals surface area contributed by atoms with E-state index in [-0.39, 0.29) is 5.91 Å². The van der Waals surface area contributed by atoms with Gasteiger partial charge in [-0.25, -0.2) is 4.98 Å². The van der Waals surface area contributed by atoms with E-state index in [4.69, 9.17) is 16.3 Å². The smallest absolute Gasteiger partial charge is 0.239 e. The van der Waals surface area contributed by atoms with Gasteiger partial charge in [0.1, 0.15) is 5.75 Å². The Hall–Kier alpha value is -2.88. The summed E-state index contributed by atoms with van der Waals surface area (Å²) in [5.74, 6) is 1.02. The molecule has 0 radical (unpaired) electrons. The van der Waals surface area contributed by atoms with Crippen LogP contribution < -0.4 is 10.1 Å². The average molecular weight is 514 g/mol. The standard InChI is InChI=1S/C24H24ClN5O2S2/c1-14-16(3)33-23(26-14)27-22(31)17(4)34-24-29-28-21(30(24)18-10-6-5-7-11-18)15(2)32-20-13-9-8-12-19(20)25/h5-13,15,17H,1-4H3,(H,26,27,31). The van der Waals surface area contributed by atoms with Crippen molar-refractivity contribution < 1.29 is 9.53 Å². The zero-order valence-electron chi connectivity index (χ0n) is 19.2. The van der Waals surface area contributed by atoms with Crippen molar-refractivity contribution in [1.82, 2.24) is 19.7 Å². The van der Waals surface area contributed by atoms with Crippen molar-refractivity contribution >= 4 is 45.7 Å². The first-order valence-corrected chi connectivity index (χ1v) is 12.7. The third-order valence-electron chi connectivity index (χ3n) is 5.09. The summed E-state index contributed by atoms with van der Waals surface area (Å²) in [4.78, 5) is 18.3. The van der Waals surface area contributed by atoms with Crippen LogP contribution in [0.15, 0.2) is 59.8 Å². The number of hydrogen-bond donors (Lipinski definition) is 1. The second kappa shape index (κ2) is 10.6. The zero-order chi connectivity index (χ0) is 24.2. The van der Waals surface area contributed by atoms with Crippen molar-refractivity contribution in [2.75, 3.05) is 5.32 Å². The van der Waals surface area contributed by atoms with Gasteiger partial charge in [0.05, 0.1) is 16.0 Å². The van der Waals surface area contributed by atoms with Crippen LogP contribution in [0.3, 0.4) is 0 Å². The molecule has 0 spiro atoms. The van der Waals surface area contributed by atoms with Gasteiger partial charge in [0, 0.05) is 10.6 Å². The van der Waals surface area contributed by atoms with Crippen LogP contribution in [0.5, 0.6) is 5.75 Å². The average Bonchev–Trinajstić information content (AvgIpc) is 3.38. The summed E-state index contributed by atoms with van der Waals surface area (Å²) in [5.41, 5.74) is 1.79. The third kappa shape index (κ3) is 5.43. The Morgan fingerprint density at radius 1 is 1.09 bits per heavy atom. The number of hydrogen-bond acceptors (Lipinski definition) is 7. The first-order valence-electron chi connectivity index (χ1n) is 10.7. The number of ether oxygens (including phenoxy) is 1. The van der Waals surface area contributed by atoms with Crippen molar-refractivity contribution in [3.8, 4) is 11.4 Å². The van der Waals surface area contributed by atoms with Gasteiger partial charge in [0.25, 0.3) is 0 Å². The van der Waals surface area contributed by atoms with Gasteiger partial charge in [0.2, 0.25) is 5.91 Å². The van der Waals surface area contributed by atoms with E-state index in [1.165, 1.54) is 23.1 Å². The van der Waals surface area contributed by atoms with Crippen molar-refractivity contribution in [1.29, 1.82) is 0 Å². The van der Waals surface area contributed by atoms with Gasteiger partial charge in [-0.3, -0.25) is 9.36 Å². The van der Waals surface area contributed by atoms with Crippen LogP contribution in [0.4, 0.5) is 5.13 Å². The van der Waals surface area contributed by atoms with E-state index >= 15 is 0 Å². The highest BCUT2D eigenvalue weighted by Gasteiger charge is 2.25. The van der Waals surface area contributed by atoms with E-state index in [0.717, 1.165) is 16.3 Å². The van der Waals surface area contributed by atoms with Crippen LogP contribution in [0, 0.1) is 13.8 Å². The van der Waals surface area contributed by atoms with Crippen LogP contribution >= 0.6 is 34.7 Å². The summed E-state index contributed by atoms with van der Waals surface area (Å²) in [5, 5.41) is 13.0. The Morgan fingerprint density at radius 3 is 2.47 bits per heavy atom. The van der Waals surface area contributed by atoms with E-state index in [9.17, 15) is 4.79 Å². The SMILES string of the molecule is Cc1nc(NC(=O)C(C)Sc2nnc(C(C)Oc3ccccc3Cl)n2-c2ccccc2)sc1C. The molecule has 1 N–H and O–H groups in total. The molecule has 4 aromatic rings. The fourth-order valence-corrected chi connectivity index (χ4v) is 5.04. The molecule has 2 heterocycles. The Bertz CT molecular complexity index is 1270. The monoisotopic (exact) mass is 513 g/mol. The number of thiazole rings is 1. The normalized spacial score (nSPS) is 12.9. The lowest BCUT2D eigenvalue weighted by molar-refractivity contribution is -0.115. The lowest BCUT2D eigenvalue weighted by atomic mass is 10.3. The van der Waals surface area contributed by atoms with Crippen molar-refractivity contribution in [2.45, 2.75) is 44.2 Å². The molecule has 176 valence electrons. The summed E-state index contributed by atoms with van der Waals surface area (Å²) >= 11 is 9.07. The van der Waals surface area contributed by atoms with Crippen molar-refractivity contribution in [3.63, 3.8) is 0 Å². The van der Waals surface area contributed by atoms with Gasteiger partial charge < -0.3 is 10.1 Å². The number of nitrogens with zero attached hydrogens (tertiary/aromatic N) is 4.